The quantitative estimate of drug-likeness (QED) is 0.619. The van der Waals surface area contributed by atoms with Crippen LogP contribution < -0.4 is 0 Å². The molecule has 2 unspecified atom stereocenters. The highest BCUT2D eigenvalue weighted by atomic mass is 19.4. The van der Waals surface area contributed by atoms with Crippen LogP contribution in [0.1, 0.15) is 43.1 Å². The van der Waals surface area contributed by atoms with Crippen LogP contribution in [-0.2, 0) is 10.9 Å². The highest BCUT2D eigenvalue weighted by Crippen LogP contribution is 2.39. The highest BCUT2D eigenvalue weighted by Gasteiger charge is 2.38. The van der Waals surface area contributed by atoms with Gasteiger partial charge >= 0.3 is 6.18 Å². The summed E-state index contributed by atoms with van der Waals surface area (Å²) in [7, 11) is 0. The monoisotopic (exact) mass is 381 g/mol. The van der Waals surface area contributed by atoms with E-state index in [2.05, 4.69) is 18.7 Å². The van der Waals surface area contributed by atoms with Crippen molar-refractivity contribution in [2.75, 3.05) is 13.1 Å². The van der Waals surface area contributed by atoms with E-state index in [1.165, 1.54) is 36.4 Å². The second-order valence-corrected chi connectivity index (χ2v) is 6.99. The fourth-order valence-electron chi connectivity index (χ4n) is 3.32. The van der Waals surface area contributed by atoms with Crippen LogP contribution in [0.5, 0.6) is 0 Å². The average Bonchev–Trinajstić information content (AvgIpc) is 2.61. The third kappa shape index (κ3) is 4.50. The van der Waals surface area contributed by atoms with Crippen LogP contribution in [0.4, 0.5) is 17.6 Å². The number of likely N-dealkylation sites (tertiary alicyclic amines) is 1. The molecule has 0 saturated carbocycles. The first-order valence-corrected chi connectivity index (χ1v) is 9.10. The van der Waals surface area contributed by atoms with Crippen molar-refractivity contribution < 1.29 is 22.3 Å². The van der Waals surface area contributed by atoms with E-state index in [9.17, 15) is 17.6 Å². The number of benzene rings is 2. The summed E-state index contributed by atoms with van der Waals surface area (Å²) in [6.07, 6.45) is -4.53. The second kappa shape index (κ2) is 7.98. The molecule has 0 spiro atoms. The van der Waals surface area contributed by atoms with E-state index in [4.69, 9.17) is 4.74 Å². The van der Waals surface area contributed by atoms with Gasteiger partial charge in [-0.05, 0) is 42.7 Å². The zero-order valence-electron chi connectivity index (χ0n) is 15.3. The first kappa shape index (κ1) is 19.8. The van der Waals surface area contributed by atoms with Crippen LogP contribution in [0, 0.1) is 5.82 Å². The summed E-state index contributed by atoms with van der Waals surface area (Å²) in [5, 5.41) is 0. The van der Waals surface area contributed by atoms with Crippen molar-refractivity contribution >= 4 is 0 Å². The van der Waals surface area contributed by atoms with Crippen molar-refractivity contribution in [1.29, 1.82) is 0 Å². The normalized spacial score (nSPS) is 18.1. The molecule has 1 aliphatic heterocycles. The Bertz CT molecular complexity index is 754. The zero-order valence-corrected chi connectivity index (χ0v) is 15.3. The number of rotatable bonds is 6. The van der Waals surface area contributed by atoms with Gasteiger partial charge in [0, 0.05) is 19.1 Å². The lowest BCUT2D eigenvalue weighted by Crippen LogP contribution is -2.55. The number of nitrogens with zero attached hydrogens (tertiary/aromatic N) is 1. The fraction of sp³-hybridized carbons (Fsp3) is 0.429. The molecule has 2 atom stereocenters. The molecule has 2 aromatic carbocycles. The summed E-state index contributed by atoms with van der Waals surface area (Å²) in [4.78, 5) is 2.24. The Hall–Kier alpha value is -1.92. The molecule has 27 heavy (non-hydrogen) atoms. The first-order valence-electron chi connectivity index (χ1n) is 9.10. The number of halogens is 4. The van der Waals surface area contributed by atoms with Gasteiger partial charge in [0.1, 0.15) is 11.9 Å². The van der Waals surface area contributed by atoms with E-state index >= 15 is 0 Å². The molecule has 0 radical (unpaired) electrons. The van der Waals surface area contributed by atoms with Crippen LogP contribution in [0.25, 0.3) is 0 Å². The summed E-state index contributed by atoms with van der Waals surface area (Å²) in [6.45, 7) is 5.58. The van der Waals surface area contributed by atoms with Gasteiger partial charge < -0.3 is 4.74 Å². The molecular formula is C21H23F4NO. The Morgan fingerprint density at radius 1 is 1.07 bits per heavy atom. The predicted octanol–water partition coefficient (Wildman–Crippen LogP) is 5.43. The molecular weight excluding hydrogens is 358 g/mol. The summed E-state index contributed by atoms with van der Waals surface area (Å²) in [6, 6.07) is 11.3. The predicted molar refractivity (Wildman–Crippen MR) is 95.9 cm³/mol. The number of alkyl halides is 3. The molecule has 1 saturated heterocycles. The summed E-state index contributed by atoms with van der Waals surface area (Å²) in [5.74, 6) is -0.437. The number of ether oxygens (including phenoxy) is 1. The van der Waals surface area contributed by atoms with Crippen molar-refractivity contribution in [3.63, 3.8) is 0 Å². The molecule has 0 aromatic heterocycles. The van der Waals surface area contributed by atoms with Gasteiger partial charge in [0.25, 0.3) is 0 Å². The Morgan fingerprint density at radius 3 is 2.30 bits per heavy atom. The largest absolute Gasteiger partial charge is 0.416 e. The zero-order chi connectivity index (χ0) is 19.6. The van der Waals surface area contributed by atoms with Crippen molar-refractivity contribution in [3.8, 4) is 0 Å². The van der Waals surface area contributed by atoms with Gasteiger partial charge in [0.15, 0.2) is 0 Å². The molecule has 146 valence electrons. The Morgan fingerprint density at radius 2 is 1.70 bits per heavy atom. The minimum absolute atomic E-state index is 0.0543. The maximum absolute atomic E-state index is 13.5. The van der Waals surface area contributed by atoms with Gasteiger partial charge in [0.2, 0.25) is 0 Å². The standard InChI is InChI=1S/C21H23F4NO/c1-3-14(2)26-12-17(13-26)27-20(15-8-10-16(22)11-9-15)18-6-4-5-7-19(18)21(23,24)25/h4-11,14,17,20H,3,12-13H2,1-2H3. The highest BCUT2D eigenvalue weighted by molar-refractivity contribution is 5.38. The summed E-state index contributed by atoms with van der Waals surface area (Å²) >= 11 is 0. The van der Waals surface area contributed by atoms with E-state index in [1.807, 2.05) is 0 Å². The molecule has 2 nitrogen and oxygen atoms in total. The smallest absolute Gasteiger partial charge is 0.363 e. The maximum atomic E-state index is 13.5. The third-order valence-corrected chi connectivity index (χ3v) is 5.14. The van der Waals surface area contributed by atoms with Gasteiger partial charge in [-0.25, -0.2) is 4.39 Å². The molecule has 3 rings (SSSR count). The lowest BCUT2D eigenvalue weighted by molar-refractivity contribution is -0.141. The van der Waals surface area contributed by atoms with Crippen LogP contribution >= 0.6 is 0 Å². The van der Waals surface area contributed by atoms with Gasteiger partial charge in [0.05, 0.1) is 11.7 Å². The Labute approximate surface area is 156 Å². The van der Waals surface area contributed by atoms with Crippen molar-refractivity contribution in [3.05, 3.63) is 71.0 Å². The van der Waals surface area contributed by atoms with E-state index in [1.54, 1.807) is 6.07 Å². The van der Waals surface area contributed by atoms with Gasteiger partial charge in [-0.1, -0.05) is 37.3 Å². The van der Waals surface area contributed by atoms with Crippen molar-refractivity contribution in [2.24, 2.45) is 0 Å². The minimum atomic E-state index is -4.49. The van der Waals surface area contributed by atoms with Gasteiger partial charge in [-0.3, -0.25) is 4.90 Å². The van der Waals surface area contributed by atoms with E-state index in [-0.39, 0.29) is 11.7 Å². The van der Waals surface area contributed by atoms with Crippen LogP contribution in [0.3, 0.4) is 0 Å². The van der Waals surface area contributed by atoms with Crippen LogP contribution in [0.2, 0.25) is 0 Å². The lowest BCUT2D eigenvalue weighted by Gasteiger charge is -2.44. The SMILES string of the molecule is CCC(C)N1CC(OC(c2ccc(F)cc2)c2ccccc2C(F)(F)F)C1. The molecule has 2 aromatic rings. The van der Waals surface area contributed by atoms with E-state index in [0.717, 1.165) is 12.5 Å². The van der Waals surface area contributed by atoms with Gasteiger partial charge in [-0.15, -0.1) is 0 Å². The number of hydrogen-bond donors (Lipinski definition) is 0. The van der Waals surface area contributed by atoms with E-state index < -0.39 is 23.7 Å². The van der Waals surface area contributed by atoms with Crippen LogP contribution in [0.15, 0.2) is 48.5 Å². The van der Waals surface area contributed by atoms with Crippen molar-refractivity contribution in [1.82, 2.24) is 4.90 Å². The lowest BCUT2D eigenvalue weighted by atomic mass is 9.95. The first-order chi connectivity index (χ1) is 12.8. The molecule has 0 bridgehead atoms. The molecule has 1 aliphatic rings. The third-order valence-electron chi connectivity index (χ3n) is 5.14. The molecule has 6 heteroatoms. The summed E-state index contributed by atoms with van der Waals surface area (Å²) < 4.78 is 59.9. The van der Waals surface area contributed by atoms with E-state index in [0.29, 0.717) is 24.7 Å². The molecule has 0 amide bonds. The molecule has 0 N–H and O–H groups in total. The maximum Gasteiger partial charge on any atom is 0.416 e. The Kier molecular flexibility index (Phi) is 5.86. The van der Waals surface area contributed by atoms with Crippen molar-refractivity contribution in [2.45, 2.75) is 44.7 Å². The Balaban J connectivity index is 1.89. The summed E-state index contributed by atoms with van der Waals surface area (Å²) in [5.41, 5.74) is -0.161. The van der Waals surface area contributed by atoms with Gasteiger partial charge in [-0.2, -0.15) is 13.2 Å². The fourth-order valence-corrected chi connectivity index (χ4v) is 3.32. The van der Waals surface area contributed by atoms with Crippen LogP contribution in [-0.4, -0.2) is 30.1 Å². The number of hydrogen-bond acceptors (Lipinski definition) is 2. The minimum Gasteiger partial charge on any atom is -0.363 e. The molecule has 1 heterocycles. The molecule has 0 aliphatic carbocycles. The molecule has 1 fully saturated rings. The average molecular weight is 381 g/mol. The topological polar surface area (TPSA) is 12.5 Å². The second-order valence-electron chi connectivity index (χ2n) is 6.99.